The minimum atomic E-state index is -0.0412. The fourth-order valence-electron chi connectivity index (χ4n) is 16.1. The zero-order valence-electron chi connectivity index (χ0n) is 45.3. The van der Waals surface area contributed by atoms with E-state index >= 15 is 0 Å². The number of para-hydroxylation sites is 2. The van der Waals surface area contributed by atoms with E-state index in [1.54, 1.807) is 22.5 Å². The lowest BCUT2D eigenvalue weighted by atomic mass is 9.34. The van der Waals surface area contributed by atoms with Gasteiger partial charge in [0.15, 0.2) is 0 Å². The quantitative estimate of drug-likeness (QED) is 0.161. The van der Waals surface area contributed by atoms with Crippen molar-refractivity contribution in [1.82, 2.24) is 9.13 Å². The summed E-state index contributed by atoms with van der Waals surface area (Å²) < 4.78 is 13.0. The molecule has 6 heteroatoms. The summed E-state index contributed by atoms with van der Waals surface area (Å²) in [5.41, 5.74) is 28.6. The van der Waals surface area contributed by atoms with Gasteiger partial charge in [0, 0.05) is 86.2 Å². The molecule has 3 aliphatic heterocycles. The summed E-state index contributed by atoms with van der Waals surface area (Å²) in [7, 11) is 0. The van der Waals surface area contributed by atoms with E-state index in [1.165, 1.54) is 184 Å². The van der Waals surface area contributed by atoms with Crippen molar-refractivity contribution in [1.29, 1.82) is 0 Å². The molecule has 2 aromatic heterocycles. The highest BCUT2D eigenvalue weighted by Gasteiger charge is 2.46. The second-order valence-corrected chi connectivity index (χ2v) is 24.9. The van der Waals surface area contributed by atoms with Crippen LogP contribution in [0.15, 0.2) is 146 Å². The number of hydrogen-bond donors (Lipinski definition) is 0. The number of nitrogens with zero attached hydrogens (tertiary/aromatic N) is 4. The van der Waals surface area contributed by atoms with Crippen LogP contribution in [0, 0.1) is 0 Å². The number of fused-ring (bicyclic) bond motifs is 13. The lowest BCUT2D eigenvalue weighted by Gasteiger charge is -2.42. The summed E-state index contributed by atoms with van der Waals surface area (Å²) in [6.45, 7) is 7.00. The largest absolute Gasteiger partial charge is 0.458 e. The van der Waals surface area contributed by atoms with Gasteiger partial charge in [-0.05, 0) is 194 Å². The van der Waals surface area contributed by atoms with Crippen LogP contribution in [0.5, 0.6) is 11.5 Å². The minimum Gasteiger partial charge on any atom is -0.458 e. The molecule has 0 N–H and O–H groups in total. The maximum Gasteiger partial charge on any atom is 0.256 e. The number of ether oxygens (including phenoxy) is 1. The van der Waals surface area contributed by atoms with Crippen LogP contribution in [-0.4, -0.2) is 21.9 Å². The van der Waals surface area contributed by atoms with Crippen molar-refractivity contribution in [3.8, 4) is 34.0 Å². The van der Waals surface area contributed by atoms with E-state index in [9.17, 15) is 0 Å². The summed E-state index contributed by atoms with van der Waals surface area (Å²) in [5, 5.41) is 1.41. The van der Waals surface area contributed by atoms with Crippen molar-refractivity contribution in [3.63, 3.8) is 0 Å². The molecule has 9 aromatic rings. The molecule has 2 unspecified atom stereocenters. The summed E-state index contributed by atoms with van der Waals surface area (Å²) in [4.78, 5) is 5.44. The van der Waals surface area contributed by atoms with Gasteiger partial charge in [0.1, 0.15) is 11.5 Å². The van der Waals surface area contributed by atoms with Gasteiger partial charge >= 0.3 is 0 Å². The average molecular weight is 1010 g/mol. The lowest BCUT2D eigenvalue weighted by molar-refractivity contribution is 0.486. The Morgan fingerprint density at radius 2 is 1.13 bits per heavy atom. The van der Waals surface area contributed by atoms with Gasteiger partial charge in [-0.25, -0.2) is 0 Å². The van der Waals surface area contributed by atoms with Crippen LogP contribution >= 0.6 is 0 Å². The topological polar surface area (TPSA) is 25.6 Å². The number of anilines is 5. The average Bonchev–Trinajstić information content (AvgIpc) is 4.14. The smallest absolute Gasteiger partial charge is 0.256 e. The molecular weight excluding hydrogens is 936 g/mol. The molecule has 5 nitrogen and oxygen atoms in total. The Hall–Kier alpha value is -7.18. The monoisotopic (exact) mass is 1000 g/mol. The highest BCUT2D eigenvalue weighted by atomic mass is 16.5. The van der Waals surface area contributed by atoms with Crippen molar-refractivity contribution in [2.45, 2.75) is 147 Å². The summed E-state index contributed by atoms with van der Waals surface area (Å²) in [6.07, 6.45) is 20.8. The fourth-order valence-corrected chi connectivity index (χ4v) is 16.1. The van der Waals surface area contributed by atoms with E-state index in [0.29, 0.717) is 12.0 Å². The Labute approximate surface area is 455 Å². The standard InChI is InChI=1S/C71H69BN4O/c1-71(2,3)46-34-39-65(56(40-46)45-20-6-4-7-21-45)76-66-41-47(73-59-29-15-10-23-51(59)52-24-11-16-30-60(52)73)35-37-57(66)72-58-38-36-48(74-61-31-17-12-25-53(61)54-26-13-18-32-62(54)74)43-68(58)77-69-44-49(42-67(76)70(69)72)75-63-28-9-5-8-22-50(63)55-27-14-19-33-64(55)75/h4,6-7,10,14-15,19-21,23,27,29,33-44,50,63H,5,8-9,11-13,16-18,22,24-26,28,30-32H2,1-3H3. The first-order valence-electron chi connectivity index (χ1n) is 29.7. The lowest BCUT2D eigenvalue weighted by Crippen LogP contribution is -2.59. The first kappa shape index (κ1) is 46.0. The molecular formula is C71H69BN4O. The van der Waals surface area contributed by atoms with E-state index in [1.807, 2.05) is 0 Å². The maximum atomic E-state index is 7.70. The van der Waals surface area contributed by atoms with Crippen molar-refractivity contribution in [2.24, 2.45) is 0 Å². The molecule has 2 atom stereocenters. The molecule has 0 spiro atoms. The van der Waals surface area contributed by atoms with Gasteiger partial charge in [-0.3, -0.25) is 0 Å². The van der Waals surface area contributed by atoms with E-state index in [-0.39, 0.29) is 12.1 Å². The van der Waals surface area contributed by atoms with Crippen LogP contribution < -0.4 is 30.9 Å². The molecule has 0 amide bonds. The molecule has 382 valence electrons. The highest BCUT2D eigenvalue weighted by molar-refractivity contribution is 6.99. The molecule has 5 heterocycles. The Balaban J connectivity index is 0.981. The van der Waals surface area contributed by atoms with Crippen LogP contribution in [0.1, 0.15) is 142 Å². The Morgan fingerprint density at radius 3 is 1.92 bits per heavy atom. The Kier molecular flexibility index (Phi) is 10.6. The Bertz CT molecular complexity index is 3840. The van der Waals surface area contributed by atoms with Gasteiger partial charge in [-0.2, -0.15) is 0 Å². The number of hydrogen-bond acceptors (Lipinski definition) is 3. The van der Waals surface area contributed by atoms with E-state index < -0.39 is 0 Å². The van der Waals surface area contributed by atoms with Crippen LogP contribution in [0.25, 0.3) is 33.4 Å². The van der Waals surface area contributed by atoms with Gasteiger partial charge in [0.05, 0.1) is 11.2 Å². The van der Waals surface area contributed by atoms with Gasteiger partial charge < -0.3 is 23.7 Å². The summed E-state index contributed by atoms with van der Waals surface area (Å²) >= 11 is 0. The third-order valence-electron chi connectivity index (χ3n) is 19.6. The highest BCUT2D eigenvalue weighted by Crippen LogP contribution is 2.54. The van der Waals surface area contributed by atoms with Crippen LogP contribution in [-0.2, 0) is 43.9 Å². The molecule has 1 saturated carbocycles. The number of aromatic nitrogens is 2. The minimum absolute atomic E-state index is 0.0398. The summed E-state index contributed by atoms with van der Waals surface area (Å²) in [5.74, 6) is 2.48. The molecule has 16 rings (SSSR count). The molecule has 0 radical (unpaired) electrons. The zero-order valence-corrected chi connectivity index (χ0v) is 45.3. The first-order chi connectivity index (χ1) is 37.9. The molecule has 0 saturated heterocycles. The second kappa shape index (κ2) is 17.7. The number of aryl methyl sites for hydroxylation is 1. The van der Waals surface area contributed by atoms with Crippen LogP contribution in [0.4, 0.5) is 28.4 Å². The van der Waals surface area contributed by atoms with E-state index in [4.69, 9.17) is 4.74 Å². The van der Waals surface area contributed by atoms with Crippen molar-refractivity contribution < 1.29 is 4.74 Å². The SMILES string of the molecule is CC(C)(C)c1ccc(N2c3cc(-n4c5c(c6ccccc64)CCCC5)ccc3B3c4ccc(-n5c6c(c7c5CCCC7)CCCC6)cc4Oc4cc(N5c6ccccc6C6CCCCCC65)cc2c43)c(-c2ccccc2)c1. The Morgan fingerprint density at radius 1 is 0.481 bits per heavy atom. The van der Waals surface area contributed by atoms with Gasteiger partial charge in [0.25, 0.3) is 6.71 Å². The first-order valence-corrected chi connectivity index (χ1v) is 29.7. The maximum absolute atomic E-state index is 7.70. The van der Waals surface area contributed by atoms with Crippen LogP contribution in [0.3, 0.4) is 0 Å². The number of benzene rings is 7. The molecule has 0 bridgehead atoms. The summed E-state index contributed by atoms with van der Waals surface area (Å²) in [6, 6.07) is 57.4. The second-order valence-electron chi connectivity index (χ2n) is 24.9. The fraction of sp³-hybridized carbons (Fsp3) is 0.324. The third kappa shape index (κ3) is 7.05. The molecule has 7 aromatic carbocycles. The van der Waals surface area contributed by atoms with Crippen molar-refractivity contribution in [3.05, 3.63) is 190 Å². The predicted octanol–water partition coefficient (Wildman–Crippen LogP) is 16.0. The van der Waals surface area contributed by atoms with Gasteiger partial charge in [-0.15, -0.1) is 0 Å². The predicted molar refractivity (Wildman–Crippen MR) is 321 cm³/mol. The molecule has 1 fully saturated rings. The third-order valence-corrected chi connectivity index (χ3v) is 19.6. The van der Waals surface area contributed by atoms with Crippen molar-refractivity contribution in [2.75, 3.05) is 9.80 Å². The molecule has 7 aliphatic rings. The van der Waals surface area contributed by atoms with E-state index in [2.05, 4.69) is 185 Å². The molecule has 4 aliphatic carbocycles. The molecule has 77 heavy (non-hydrogen) atoms. The van der Waals surface area contributed by atoms with E-state index in [0.717, 1.165) is 37.2 Å². The number of rotatable bonds is 5. The normalized spacial score (nSPS) is 19.0. The zero-order chi connectivity index (χ0) is 51.1. The van der Waals surface area contributed by atoms with Gasteiger partial charge in [-0.1, -0.05) is 125 Å². The van der Waals surface area contributed by atoms with Gasteiger partial charge in [0.2, 0.25) is 0 Å². The van der Waals surface area contributed by atoms with Crippen LogP contribution in [0.2, 0.25) is 0 Å². The van der Waals surface area contributed by atoms with Crippen molar-refractivity contribution >= 4 is 62.4 Å².